The van der Waals surface area contributed by atoms with Gasteiger partial charge in [0.1, 0.15) is 0 Å². The van der Waals surface area contributed by atoms with E-state index in [0.717, 1.165) is 16.4 Å². The molecule has 0 aromatic heterocycles. The lowest BCUT2D eigenvalue weighted by molar-refractivity contribution is -0.137. The van der Waals surface area contributed by atoms with Gasteiger partial charge in [-0.15, -0.1) is 0 Å². The van der Waals surface area contributed by atoms with E-state index in [1.807, 2.05) is 4.90 Å². The molecule has 0 saturated carbocycles. The molecule has 1 atom stereocenters. The van der Waals surface area contributed by atoms with Gasteiger partial charge in [-0.3, -0.25) is 4.90 Å². The van der Waals surface area contributed by atoms with Crippen molar-refractivity contribution in [2.75, 3.05) is 32.7 Å². The van der Waals surface area contributed by atoms with E-state index in [1.165, 1.54) is 0 Å². The highest BCUT2D eigenvalue weighted by Crippen LogP contribution is 2.36. The number of hydrogen-bond donors (Lipinski definition) is 0. The smallest absolute Gasteiger partial charge is 0.299 e. The van der Waals surface area contributed by atoms with Crippen LogP contribution in [-0.4, -0.2) is 50.3 Å². The molecule has 138 valence electrons. The van der Waals surface area contributed by atoms with Gasteiger partial charge in [0.05, 0.1) is 27.5 Å². The fourth-order valence-corrected chi connectivity index (χ4v) is 4.29. The third-order valence-electron chi connectivity index (χ3n) is 3.96. The van der Waals surface area contributed by atoms with Crippen molar-refractivity contribution in [3.05, 3.63) is 28.8 Å². The van der Waals surface area contributed by atoms with Gasteiger partial charge in [0.2, 0.25) is 10.0 Å². The van der Waals surface area contributed by atoms with Crippen LogP contribution in [0.25, 0.3) is 0 Å². The molecule has 1 aromatic rings. The van der Waals surface area contributed by atoms with Crippen LogP contribution in [0.2, 0.25) is 5.02 Å². The van der Waals surface area contributed by atoms with E-state index in [1.54, 1.807) is 6.92 Å². The van der Waals surface area contributed by atoms with Crippen molar-refractivity contribution in [1.82, 2.24) is 9.21 Å². The maximum Gasteiger partial charge on any atom is 0.417 e. The van der Waals surface area contributed by atoms with Crippen molar-refractivity contribution < 1.29 is 21.6 Å². The van der Waals surface area contributed by atoms with Crippen molar-refractivity contribution in [3.8, 4) is 6.07 Å². The Bertz CT molecular complexity index is 769. The number of nitriles is 1. The molecule has 25 heavy (non-hydrogen) atoms. The summed E-state index contributed by atoms with van der Waals surface area (Å²) in [6, 6.07) is 4.71. The van der Waals surface area contributed by atoms with E-state index >= 15 is 0 Å². The normalized spacial score (nSPS) is 18.7. The number of sulfonamides is 1. The molecule has 1 aliphatic rings. The monoisotopic (exact) mass is 395 g/mol. The first-order chi connectivity index (χ1) is 11.6. The van der Waals surface area contributed by atoms with Gasteiger partial charge in [-0.2, -0.15) is 22.7 Å². The second-order valence-corrected chi connectivity index (χ2v) is 8.22. The van der Waals surface area contributed by atoms with Crippen molar-refractivity contribution in [1.29, 1.82) is 5.26 Å². The molecule has 0 N–H and O–H groups in total. The number of rotatable bonds is 4. The molecule has 1 aromatic carbocycles. The molecule has 10 heteroatoms. The average Bonchev–Trinajstić information content (AvgIpc) is 2.54. The van der Waals surface area contributed by atoms with Crippen LogP contribution in [0.4, 0.5) is 13.2 Å². The summed E-state index contributed by atoms with van der Waals surface area (Å²) in [6.07, 6.45) is -4.73. The largest absolute Gasteiger partial charge is 0.417 e. The molecule has 2 rings (SSSR count). The quantitative estimate of drug-likeness (QED) is 0.786. The molecule has 0 unspecified atom stereocenters. The minimum atomic E-state index is -4.73. The van der Waals surface area contributed by atoms with Crippen molar-refractivity contribution in [2.24, 2.45) is 5.92 Å². The summed E-state index contributed by atoms with van der Waals surface area (Å²) in [4.78, 5) is 1.53. The van der Waals surface area contributed by atoms with Crippen LogP contribution in [0.3, 0.4) is 0 Å². The van der Waals surface area contributed by atoms with Crippen LogP contribution in [0, 0.1) is 17.2 Å². The molecule has 1 aliphatic heterocycles. The Morgan fingerprint density at radius 2 is 1.88 bits per heavy atom. The third-order valence-corrected chi connectivity index (χ3v) is 6.19. The summed E-state index contributed by atoms with van der Waals surface area (Å²) in [7, 11) is -4.04. The summed E-state index contributed by atoms with van der Waals surface area (Å²) in [5, 5.41) is 8.28. The Labute approximate surface area is 149 Å². The minimum absolute atomic E-state index is 0.157. The number of benzene rings is 1. The van der Waals surface area contributed by atoms with Gasteiger partial charge in [-0.05, 0) is 25.1 Å². The molecule has 0 amide bonds. The second kappa shape index (κ2) is 7.50. The Morgan fingerprint density at radius 1 is 1.28 bits per heavy atom. The summed E-state index contributed by atoms with van der Waals surface area (Å²) in [5.74, 6) is -0.172. The predicted molar refractivity (Wildman–Crippen MR) is 86.4 cm³/mol. The third kappa shape index (κ3) is 4.64. The Kier molecular flexibility index (Phi) is 5.99. The number of hydrogen-bond acceptors (Lipinski definition) is 4. The first-order valence-electron chi connectivity index (χ1n) is 7.54. The average molecular weight is 396 g/mol. The standard InChI is InChI=1S/C15H17ClF3N3O2S/c1-11(9-20)10-21-4-6-22(7-5-21)25(23,24)12-2-3-14(16)13(8-12)15(17,18)19/h2-3,8,11H,4-7,10H2,1H3/t11-/m1/s1. The molecule has 0 spiro atoms. The maximum atomic E-state index is 12.9. The minimum Gasteiger partial charge on any atom is -0.299 e. The van der Waals surface area contributed by atoms with Crippen molar-refractivity contribution in [3.63, 3.8) is 0 Å². The number of alkyl halides is 3. The zero-order valence-electron chi connectivity index (χ0n) is 13.4. The number of nitrogens with zero attached hydrogens (tertiary/aromatic N) is 3. The van der Waals surface area contributed by atoms with Crippen LogP contribution in [0.15, 0.2) is 23.1 Å². The highest BCUT2D eigenvalue weighted by molar-refractivity contribution is 7.89. The summed E-state index contributed by atoms with van der Waals surface area (Å²) >= 11 is 5.54. The zero-order valence-corrected chi connectivity index (χ0v) is 15.0. The van der Waals surface area contributed by atoms with E-state index in [2.05, 4.69) is 6.07 Å². The lowest BCUT2D eigenvalue weighted by atomic mass is 10.2. The van der Waals surface area contributed by atoms with Crippen LogP contribution < -0.4 is 0 Å². The SMILES string of the molecule is C[C@H](C#N)CN1CCN(S(=O)(=O)c2ccc(Cl)c(C(F)(F)F)c2)CC1. The van der Waals surface area contributed by atoms with Crippen molar-refractivity contribution >= 4 is 21.6 Å². The summed E-state index contributed by atoms with van der Waals surface area (Å²) < 4.78 is 65.2. The van der Waals surface area contributed by atoms with Gasteiger partial charge >= 0.3 is 6.18 Å². The van der Waals surface area contributed by atoms with E-state index < -0.39 is 31.7 Å². The molecule has 0 bridgehead atoms. The molecular weight excluding hydrogens is 379 g/mol. The fourth-order valence-electron chi connectivity index (χ4n) is 2.61. The predicted octanol–water partition coefficient (Wildman–Crippen LogP) is 2.82. The molecule has 1 fully saturated rings. The van der Waals surface area contributed by atoms with Crippen molar-refractivity contribution in [2.45, 2.75) is 18.0 Å². The van der Waals surface area contributed by atoms with Crippen LogP contribution in [0.5, 0.6) is 0 Å². The van der Waals surface area contributed by atoms with Crippen LogP contribution >= 0.6 is 11.6 Å². The molecule has 5 nitrogen and oxygen atoms in total. The van der Waals surface area contributed by atoms with Crippen LogP contribution in [-0.2, 0) is 16.2 Å². The molecule has 1 heterocycles. The maximum absolute atomic E-state index is 12.9. The summed E-state index contributed by atoms with van der Waals surface area (Å²) in [5.41, 5.74) is -1.17. The lowest BCUT2D eigenvalue weighted by Gasteiger charge is -2.34. The van der Waals surface area contributed by atoms with E-state index in [0.29, 0.717) is 25.7 Å². The fraction of sp³-hybridized carbons (Fsp3) is 0.533. The molecular formula is C15H17ClF3N3O2S. The number of halogens is 4. The topological polar surface area (TPSA) is 64.4 Å². The van der Waals surface area contributed by atoms with E-state index in [9.17, 15) is 21.6 Å². The second-order valence-electron chi connectivity index (χ2n) is 5.87. The van der Waals surface area contributed by atoms with Gasteiger partial charge < -0.3 is 0 Å². The Morgan fingerprint density at radius 3 is 2.40 bits per heavy atom. The number of piperazine rings is 1. The Balaban J connectivity index is 2.17. The van der Waals surface area contributed by atoms with E-state index in [-0.39, 0.29) is 19.0 Å². The zero-order chi connectivity index (χ0) is 18.8. The first-order valence-corrected chi connectivity index (χ1v) is 9.36. The lowest BCUT2D eigenvalue weighted by Crippen LogP contribution is -2.49. The van der Waals surface area contributed by atoms with Gasteiger partial charge in [0, 0.05) is 32.7 Å². The van der Waals surface area contributed by atoms with E-state index in [4.69, 9.17) is 16.9 Å². The van der Waals surface area contributed by atoms with Gasteiger partial charge in [-0.1, -0.05) is 11.6 Å². The molecule has 0 radical (unpaired) electrons. The van der Waals surface area contributed by atoms with Crippen LogP contribution in [0.1, 0.15) is 12.5 Å². The highest BCUT2D eigenvalue weighted by Gasteiger charge is 2.36. The van der Waals surface area contributed by atoms with Gasteiger partial charge in [0.25, 0.3) is 0 Å². The van der Waals surface area contributed by atoms with Gasteiger partial charge in [-0.25, -0.2) is 8.42 Å². The first kappa shape index (κ1) is 20.0. The Hall–Kier alpha value is -1.34. The highest BCUT2D eigenvalue weighted by atomic mass is 35.5. The molecule has 0 aliphatic carbocycles. The van der Waals surface area contributed by atoms with Gasteiger partial charge in [0.15, 0.2) is 0 Å². The summed E-state index contributed by atoms with van der Waals surface area (Å²) in [6.45, 7) is 3.46. The molecule has 1 saturated heterocycles.